The molecule has 0 unspecified atom stereocenters. The summed E-state index contributed by atoms with van der Waals surface area (Å²) in [4.78, 5) is 24.7. The summed E-state index contributed by atoms with van der Waals surface area (Å²) in [6.45, 7) is 0. The second-order valence-electron chi connectivity index (χ2n) is 7.22. The van der Waals surface area contributed by atoms with Gasteiger partial charge in [-0.05, 0) is 53.9 Å². The number of rotatable bonds is 7. The maximum atomic E-state index is 13.0. The van der Waals surface area contributed by atoms with E-state index in [1.54, 1.807) is 24.5 Å². The van der Waals surface area contributed by atoms with Crippen LogP contribution >= 0.6 is 0 Å². The van der Waals surface area contributed by atoms with Crippen LogP contribution in [0.4, 0.5) is 4.39 Å². The van der Waals surface area contributed by atoms with Crippen molar-refractivity contribution in [2.75, 3.05) is 0 Å². The van der Waals surface area contributed by atoms with Gasteiger partial charge >= 0.3 is 0 Å². The highest BCUT2D eigenvalue weighted by Gasteiger charge is 2.08. The monoisotopic (exact) mass is 416 g/mol. The van der Waals surface area contributed by atoms with Crippen LogP contribution in [0.1, 0.15) is 22.5 Å². The summed E-state index contributed by atoms with van der Waals surface area (Å²) in [6.07, 6.45) is 8.52. The van der Waals surface area contributed by atoms with Crippen molar-refractivity contribution >= 4 is 0 Å². The van der Waals surface area contributed by atoms with E-state index in [9.17, 15) is 9.18 Å². The van der Waals surface area contributed by atoms with Crippen molar-refractivity contribution in [1.29, 1.82) is 0 Å². The fourth-order valence-corrected chi connectivity index (χ4v) is 3.25. The summed E-state index contributed by atoms with van der Waals surface area (Å²) >= 11 is 0. The lowest BCUT2D eigenvalue weighted by molar-refractivity contribution is 0.480. The molecule has 0 radical (unpaired) electrons. The first-order chi connectivity index (χ1) is 15.1. The third kappa shape index (κ3) is 5.39. The van der Waals surface area contributed by atoms with Crippen LogP contribution in [0.15, 0.2) is 78.2 Å². The molecule has 0 amide bonds. The standard InChI is InChI=1S/C24H21FN4O2/c1-29-15-19(12-18-13-26-16-27-14-18)24(30)28-23(29)11-4-17-2-7-21(8-3-17)31-22-9-5-20(25)6-10-22/h2-3,5-10,13-16H,4,11-12H2,1H3. The summed E-state index contributed by atoms with van der Waals surface area (Å²) in [7, 11) is 1.90. The van der Waals surface area contributed by atoms with E-state index in [-0.39, 0.29) is 11.4 Å². The van der Waals surface area contributed by atoms with E-state index in [4.69, 9.17) is 4.74 Å². The lowest BCUT2D eigenvalue weighted by Crippen LogP contribution is -2.21. The first-order valence-corrected chi connectivity index (χ1v) is 9.88. The molecule has 2 aromatic carbocycles. The maximum Gasteiger partial charge on any atom is 0.276 e. The highest BCUT2D eigenvalue weighted by atomic mass is 19.1. The second kappa shape index (κ2) is 9.30. The molecule has 7 heteroatoms. The van der Waals surface area contributed by atoms with E-state index in [0.717, 1.165) is 23.4 Å². The zero-order valence-electron chi connectivity index (χ0n) is 17.0. The lowest BCUT2D eigenvalue weighted by Gasteiger charge is -2.10. The van der Waals surface area contributed by atoms with Gasteiger partial charge in [0.15, 0.2) is 0 Å². The van der Waals surface area contributed by atoms with Gasteiger partial charge in [-0.25, -0.2) is 14.4 Å². The zero-order valence-corrected chi connectivity index (χ0v) is 17.0. The Morgan fingerprint density at radius 3 is 2.23 bits per heavy atom. The molecule has 2 heterocycles. The second-order valence-corrected chi connectivity index (χ2v) is 7.22. The molecule has 0 atom stereocenters. The van der Waals surface area contributed by atoms with Crippen molar-refractivity contribution in [1.82, 2.24) is 19.5 Å². The van der Waals surface area contributed by atoms with Gasteiger partial charge in [0.05, 0.1) is 0 Å². The molecule has 156 valence electrons. The van der Waals surface area contributed by atoms with E-state index in [1.807, 2.05) is 42.1 Å². The minimum Gasteiger partial charge on any atom is -0.457 e. The van der Waals surface area contributed by atoms with Crippen molar-refractivity contribution in [3.05, 3.63) is 112 Å². The molecule has 31 heavy (non-hydrogen) atoms. The molecule has 6 nitrogen and oxygen atoms in total. The fourth-order valence-electron chi connectivity index (χ4n) is 3.25. The third-order valence-corrected chi connectivity index (χ3v) is 4.88. The van der Waals surface area contributed by atoms with Gasteiger partial charge in [-0.15, -0.1) is 0 Å². The summed E-state index contributed by atoms with van der Waals surface area (Å²) in [5, 5.41) is 0. The summed E-state index contributed by atoms with van der Waals surface area (Å²) in [6, 6.07) is 13.6. The normalized spacial score (nSPS) is 10.8. The fraction of sp³-hybridized carbons (Fsp3) is 0.167. The van der Waals surface area contributed by atoms with Gasteiger partial charge in [0.1, 0.15) is 29.5 Å². The molecule has 0 saturated carbocycles. The van der Waals surface area contributed by atoms with Crippen molar-refractivity contribution in [2.24, 2.45) is 7.05 Å². The molecule has 0 aliphatic carbocycles. The van der Waals surface area contributed by atoms with Crippen molar-refractivity contribution in [2.45, 2.75) is 19.3 Å². The molecule has 0 aliphatic rings. The van der Waals surface area contributed by atoms with E-state index < -0.39 is 0 Å². The average Bonchev–Trinajstić information content (AvgIpc) is 2.78. The Balaban J connectivity index is 1.39. The predicted octanol–water partition coefficient (Wildman–Crippen LogP) is 3.88. The molecule has 0 N–H and O–H groups in total. The maximum absolute atomic E-state index is 13.0. The molecular weight excluding hydrogens is 395 g/mol. The minimum atomic E-state index is -0.298. The van der Waals surface area contributed by atoms with Crippen LogP contribution in [0.5, 0.6) is 11.5 Å². The van der Waals surface area contributed by atoms with Gasteiger partial charge in [-0.3, -0.25) is 4.79 Å². The van der Waals surface area contributed by atoms with Crippen LogP contribution in [0.25, 0.3) is 0 Å². The van der Waals surface area contributed by atoms with Crippen LogP contribution in [0.3, 0.4) is 0 Å². The molecule has 0 bridgehead atoms. The molecule has 0 saturated heterocycles. The van der Waals surface area contributed by atoms with E-state index in [0.29, 0.717) is 29.9 Å². The molecule has 4 rings (SSSR count). The summed E-state index contributed by atoms with van der Waals surface area (Å²) < 4.78 is 20.6. The number of hydrogen-bond acceptors (Lipinski definition) is 5. The van der Waals surface area contributed by atoms with Crippen molar-refractivity contribution < 1.29 is 9.13 Å². The Kier molecular flexibility index (Phi) is 6.12. The van der Waals surface area contributed by atoms with Crippen LogP contribution in [-0.2, 0) is 26.3 Å². The SMILES string of the molecule is Cn1cc(Cc2cncnc2)c(=O)nc1CCc1ccc(Oc2ccc(F)cc2)cc1. The van der Waals surface area contributed by atoms with Gasteiger partial charge in [-0.1, -0.05) is 12.1 Å². The van der Waals surface area contributed by atoms with E-state index in [2.05, 4.69) is 15.0 Å². The predicted molar refractivity (Wildman–Crippen MR) is 115 cm³/mol. The first-order valence-electron chi connectivity index (χ1n) is 9.88. The van der Waals surface area contributed by atoms with Gasteiger partial charge < -0.3 is 9.30 Å². The number of aromatic nitrogens is 4. The Hall–Kier alpha value is -3.87. The molecule has 2 aromatic heterocycles. The number of halogens is 1. The smallest absolute Gasteiger partial charge is 0.276 e. The Morgan fingerprint density at radius 2 is 1.55 bits per heavy atom. The number of hydrogen-bond donors (Lipinski definition) is 0. The first kappa shape index (κ1) is 20.4. The quantitative estimate of drug-likeness (QED) is 0.457. The van der Waals surface area contributed by atoms with Crippen LogP contribution in [-0.4, -0.2) is 19.5 Å². The van der Waals surface area contributed by atoms with Crippen LogP contribution < -0.4 is 10.3 Å². The Bertz CT molecular complexity index is 1210. The Morgan fingerprint density at radius 1 is 0.903 bits per heavy atom. The largest absolute Gasteiger partial charge is 0.457 e. The number of aryl methyl sites for hydroxylation is 3. The van der Waals surface area contributed by atoms with Crippen molar-refractivity contribution in [3.63, 3.8) is 0 Å². The van der Waals surface area contributed by atoms with Gasteiger partial charge in [0, 0.05) is 44.0 Å². The number of nitrogens with zero attached hydrogens (tertiary/aromatic N) is 4. The number of benzene rings is 2. The van der Waals surface area contributed by atoms with Crippen LogP contribution in [0, 0.1) is 5.82 Å². The molecule has 0 aliphatic heterocycles. The van der Waals surface area contributed by atoms with Crippen molar-refractivity contribution in [3.8, 4) is 11.5 Å². The van der Waals surface area contributed by atoms with E-state index in [1.165, 1.54) is 18.5 Å². The van der Waals surface area contributed by atoms with Crippen LogP contribution in [0.2, 0.25) is 0 Å². The minimum absolute atomic E-state index is 0.222. The van der Waals surface area contributed by atoms with Gasteiger partial charge in [0.25, 0.3) is 5.56 Å². The summed E-state index contributed by atoms with van der Waals surface area (Å²) in [5.41, 5.74) is 2.37. The number of ether oxygens (including phenoxy) is 1. The highest BCUT2D eigenvalue weighted by Crippen LogP contribution is 2.22. The Labute approximate surface area is 179 Å². The van der Waals surface area contributed by atoms with E-state index >= 15 is 0 Å². The highest BCUT2D eigenvalue weighted by molar-refractivity contribution is 5.33. The van der Waals surface area contributed by atoms with Gasteiger partial charge in [-0.2, -0.15) is 4.98 Å². The summed E-state index contributed by atoms with van der Waals surface area (Å²) in [5.74, 6) is 1.68. The lowest BCUT2D eigenvalue weighted by atomic mass is 10.1. The zero-order chi connectivity index (χ0) is 21.6. The third-order valence-electron chi connectivity index (χ3n) is 4.88. The average molecular weight is 416 g/mol. The van der Waals surface area contributed by atoms with Gasteiger partial charge in [0.2, 0.25) is 0 Å². The molecular formula is C24H21FN4O2. The molecule has 0 fully saturated rings. The molecule has 4 aromatic rings. The topological polar surface area (TPSA) is 69.9 Å². The molecule has 0 spiro atoms.